The fourth-order valence-corrected chi connectivity index (χ4v) is 4.44. The van der Waals surface area contributed by atoms with Crippen molar-refractivity contribution in [3.05, 3.63) is 108 Å². The van der Waals surface area contributed by atoms with Crippen LogP contribution in [0.3, 0.4) is 0 Å². The van der Waals surface area contributed by atoms with Crippen molar-refractivity contribution in [2.45, 2.75) is 31.0 Å². The van der Waals surface area contributed by atoms with Crippen molar-refractivity contribution in [2.24, 2.45) is 0 Å². The van der Waals surface area contributed by atoms with E-state index in [0.29, 0.717) is 0 Å². The van der Waals surface area contributed by atoms with Gasteiger partial charge in [-0.3, -0.25) is 0 Å². The van der Waals surface area contributed by atoms with Crippen LogP contribution in [0.1, 0.15) is 29.5 Å². The minimum Gasteiger partial charge on any atom is -0.374 e. The van der Waals surface area contributed by atoms with Crippen molar-refractivity contribution >= 4 is 0 Å². The lowest BCUT2D eigenvalue weighted by atomic mass is 9.79. The van der Waals surface area contributed by atoms with Crippen LogP contribution in [0.4, 0.5) is 0 Å². The summed E-state index contributed by atoms with van der Waals surface area (Å²) in [6.45, 7) is 2.05. The lowest BCUT2D eigenvalue weighted by Gasteiger charge is -2.37. The number of hydrogen-bond donors (Lipinski definition) is 2. The van der Waals surface area contributed by atoms with E-state index in [1.807, 2.05) is 36.4 Å². The van der Waals surface area contributed by atoms with Gasteiger partial charge in [-0.25, -0.2) is 0 Å². The highest BCUT2D eigenvalue weighted by Gasteiger charge is 2.48. The molecule has 0 bridgehead atoms. The molecule has 1 aliphatic rings. The highest BCUT2D eigenvalue weighted by molar-refractivity contribution is 5.37. The highest BCUT2D eigenvalue weighted by atomic mass is 16.3. The van der Waals surface area contributed by atoms with Crippen LogP contribution >= 0.6 is 0 Å². The van der Waals surface area contributed by atoms with Crippen molar-refractivity contribution in [1.82, 2.24) is 0 Å². The van der Waals surface area contributed by atoms with Gasteiger partial charge in [-0.05, 0) is 11.1 Å². The van der Waals surface area contributed by atoms with Crippen LogP contribution < -0.4 is 4.90 Å². The van der Waals surface area contributed by atoms with Gasteiger partial charge in [0.15, 0.2) is 5.60 Å². The molecule has 132 valence electrons. The minimum absolute atomic E-state index is 0.146. The summed E-state index contributed by atoms with van der Waals surface area (Å²) in [6, 6.07) is 31.1. The standard InChI is InChI=1S/C24H25NO/c26-24(21-13-6-2-7-14-21,22-15-8-3-9-16-22)23-17-10-18-25(23)19-20-11-4-1-5-12-20/h1-9,11-16,23,26H,10,17-19H2/p+1/t23-/m0/s1. The predicted molar refractivity (Wildman–Crippen MR) is 105 cm³/mol. The Labute approximate surface area is 155 Å². The summed E-state index contributed by atoms with van der Waals surface area (Å²) in [7, 11) is 0. The lowest BCUT2D eigenvalue weighted by molar-refractivity contribution is -0.933. The predicted octanol–water partition coefficient (Wildman–Crippen LogP) is 3.17. The second-order valence-corrected chi connectivity index (χ2v) is 7.26. The molecule has 2 heteroatoms. The number of likely N-dealkylation sites (tertiary alicyclic amines) is 1. The molecule has 2 N–H and O–H groups in total. The number of rotatable bonds is 5. The van der Waals surface area contributed by atoms with Crippen LogP contribution in [0.15, 0.2) is 91.0 Å². The van der Waals surface area contributed by atoms with Crippen molar-refractivity contribution < 1.29 is 10.0 Å². The first-order valence-electron chi connectivity index (χ1n) is 9.50. The summed E-state index contributed by atoms with van der Waals surface area (Å²) in [6.07, 6.45) is 2.18. The van der Waals surface area contributed by atoms with Gasteiger partial charge in [0.05, 0.1) is 6.54 Å². The monoisotopic (exact) mass is 344 g/mol. The second-order valence-electron chi connectivity index (χ2n) is 7.26. The average molecular weight is 344 g/mol. The Hall–Kier alpha value is -2.42. The molecule has 1 unspecified atom stereocenters. The van der Waals surface area contributed by atoms with Crippen LogP contribution in [-0.4, -0.2) is 17.7 Å². The molecule has 1 saturated heterocycles. The van der Waals surface area contributed by atoms with Crippen molar-refractivity contribution in [1.29, 1.82) is 0 Å². The SMILES string of the molecule is OC(c1ccccc1)(c1ccccc1)[C@@H]1CCC[NH+]1Cc1ccccc1. The fraction of sp³-hybridized carbons (Fsp3) is 0.250. The van der Waals surface area contributed by atoms with Gasteiger partial charge in [0.1, 0.15) is 12.6 Å². The smallest absolute Gasteiger partial charge is 0.166 e. The summed E-state index contributed by atoms with van der Waals surface area (Å²) in [5, 5.41) is 12.1. The summed E-state index contributed by atoms with van der Waals surface area (Å²) in [4.78, 5) is 1.46. The van der Waals surface area contributed by atoms with E-state index >= 15 is 0 Å². The Morgan fingerprint density at radius 2 is 1.27 bits per heavy atom. The van der Waals surface area contributed by atoms with Gasteiger partial charge >= 0.3 is 0 Å². The number of quaternary nitrogens is 1. The molecule has 0 saturated carbocycles. The number of benzene rings is 3. The summed E-state index contributed by atoms with van der Waals surface area (Å²) < 4.78 is 0. The third-order valence-corrected chi connectivity index (χ3v) is 5.69. The molecule has 0 amide bonds. The molecule has 26 heavy (non-hydrogen) atoms. The number of aliphatic hydroxyl groups is 1. The van der Waals surface area contributed by atoms with Gasteiger partial charge in [0.25, 0.3) is 0 Å². The molecular formula is C24H26NO+. The van der Waals surface area contributed by atoms with Crippen LogP contribution in [0.25, 0.3) is 0 Å². The maximum absolute atomic E-state index is 12.1. The summed E-state index contributed by atoms with van der Waals surface area (Å²) >= 11 is 0. The zero-order valence-electron chi connectivity index (χ0n) is 15.0. The first-order valence-corrected chi connectivity index (χ1v) is 9.50. The van der Waals surface area contributed by atoms with E-state index in [1.54, 1.807) is 0 Å². The molecule has 1 aliphatic heterocycles. The van der Waals surface area contributed by atoms with Gasteiger partial charge in [0, 0.05) is 18.4 Å². The van der Waals surface area contributed by atoms with E-state index in [0.717, 1.165) is 37.1 Å². The molecule has 1 heterocycles. The van der Waals surface area contributed by atoms with Gasteiger partial charge in [-0.2, -0.15) is 0 Å². The zero-order chi connectivity index (χ0) is 17.8. The Balaban J connectivity index is 1.74. The number of hydrogen-bond acceptors (Lipinski definition) is 1. The van der Waals surface area contributed by atoms with Crippen molar-refractivity contribution in [3.8, 4) is 0 Å². The molecule has 2 atom stereocenters. The van der Waals surface area contributed by atoms with Crippen LogP contribution in [0.2, 0.25) is 0 Å². The van der Waals surface area contributed by atoms with Gasteiger partial charge < -0.3 is 10.0 Å². The third kappa shape index (κ3) is 3.18. The van der Waals surface area contributed by atoms with E-state index in [1.165, 1.54) is 10.5 Å². The topological polar surface area (TPSA) is 24.7 Å². The van der Waals surface area contributed by atoms with E-state index in [9.17, 15) is 5.11 Å². The molecule has 0 radical (unpaired) electrons. The lowest BCUT2D eigenvalue weighted by Crippen LogP contribution is -3.14. The normalized spacial score (nSPS) is 20.2. The van der Waals surface area contributed by atoms with E-state index < -0.39 is 5.60 Å². The van der Waals surface area contributed by atoms with Crippen LogP contribution in [-0.2, 0) is 12.1 Å². The van der Waals surface area contributed by atoms with E-state index in [4.69, 9.17) is 0 Å². The Morgan fingerprint density at radius 3 is 1.81 bits per heavy atom. The van der Waals surface area contributed by atoms with Crippen molar-refractivity contribution in [3.63, 3.8) is 0 Å². The largest absolute Gasteiger partial charge is 0.374 e. The first kappa shape index (κ1) is 17.0. The van der Waals surface area contributed by atoms with Gasteiger partial charge in [-0.15, -0.1) is 0 Å². The van der Waals surface area contributed by atoms with E-state index in [-0.39, 0.29) is 6.04 Å². The molecule has 0 spiro atoms. The molecule has 1 fully saturated rings. The Morgan fingerprint density at radius 1 is 0.769 bits per heavy atom. The van der Waals surface area contributed by atoms with Gasteiger partial charge in [-0.1, -0.05) is 91.0 Å². The third-order valence-electron chi connectivity index (χ3n) is 5.69. The molecule has 2 nitrogen and oxygen atoms in total. The Bertz CT molecular complexity index is 777. The van der Waals surface area contributed by atoms with Gasteiger partial charge in [0.2, 0.25) is 0 Å². The molecular weight excluding hydrogens is 318 g/mol. The second kappa shape index (κ2) is 7.45. The molecule has 0 aliphatic carbocycles. The summed E-state index contributed by atoms with van der Waals surface area (Å²) in [5.41, 5.74) is 2.34. The maximum Gasteiger partial charge on any atom is 0.166 e. The van der Waals surface area contributed by atoms with E-state index in [2.05, 4.69) is 54.6 Å². The Kier molecular flexibility index (Phi) is 4.87. The molecule has 3 aromatic carbocycles. The maximum atomic E-state index is 12.1. The minimum atomic E-state index is -0.969. The van der Waals surface area contributed by atoms with Crippen molar-refractivity contribution in [2.75, 3.05) is 6.54 Å². The number of nitrogens with one attached hydrogen (secondary N) is 1. The van der Waals surface area contributed by atoms with Crippen LogP contribution in [0.5, 0.6) is 0 Å². The molecule has 0 aromatic heterocycles. The molecule has 3 aromatic rings. The first-order chi connectivity index (χ1) is 12.8. The quantitative estimate of drug-likeness (QED) is 0.730. The molecule has 4 rings (SSSR count). The van der Waals surface area contributed by atoms with Crippen LogP contribution in [0, 0.1) is 0 Å². The average Bonchev–Trinajstić information content (AvgIpc) is 3.18. The highest BCUT2D eigenvalue weighted by Crippen LogP contribution is 2.35. The fourth-order valence-electron chi connectivity index (χ4n) is 4.44. The zero-order valence-corrected chi connectivity index (χ0v) is 15.0. The summed E-state index contributed by atoms with van der Waals surface area (Å²) in [5.74, 6) is 0.